The summed E-state index contributed by atoms with van der Waals surface area (Å²) in [7, 11) is 15.0. The van der Waals surface area contributed by atoms with Crippen molar-refractivity contribution in [2.45, 2.75) is 27.3 Å². The molecule has 1 nitrogen and oxygen atoms in total. The summed E-state index contributed by atoms with van der Waals surface area (Å²) in [5.74, 6) is 0. The minimum atomic E-state index is -2.21. The summed E-state index contributed by atoms with van der Waals surface area (Å²) < 4.78 is 1.20. The van der Waals surface area contributed by atoms with Crippen LogP contribution in [0.1, 0.15) is 26.3 Å². The van der Waals surface area contributed by atoms with Gasteiger partial charge in [-0.2, -0.15) is 0 Å². The summed E-state index contributed by atoms with van der Waals surface area (Å²) in [6.07, 6.45) is 0. The molecule has 0 atom stereocenters. The van der Waals surface area contributed by atoms with Crippen molar-refractivity contribution in [3.05, 3.63) is 35.9 Å². The summed E-state index contributed by atoms with van der Waals surface area (Å²) >= 11 is -2.21. The molecule has 102 valence electrons. The second kappa shape index (κ2) is 10.5. The Labute approximate surface area is 129 Å². The van der Waals surface area contributed by atoms with Gasteiger partial charge in [-0.05, 0) is 20.8 Å². The molecule has 18 heavy (non-hydrogen) atoms. The second-order valence-corrected chi connectivity index (χ2v) is 18.1. The van der Waals surface area contributed by atoms with Gasteiger partial charge in [-0.25, -0.2) is 0 Å². The fraction of sp³-hybridized carbons (Fsp3) is 0.538. The maximum atomic E-state index is 5.01. The van der Waals surface area contributed by atoms with E-state index in [4.69, 9.17) is 29.1 Å². The van der Waals surface area contributed by atoms with Crippen molar-refractivity contribution in [3.63, 3.8) is 0 Å². The molecule has 5 heteroatoms. The van der Waals surface area contributed by atoms with E-state index < -0.39 is 13.0 Å². The monoisotopic (exact) mass is 361 g/mol. The predicted molar refractivity (Wildman–Crippen MR) is 79.6 cm³/mol. The summed E-state index contributed by atoms with van der Waals surface area (Å²) in [4.78, 5) is 0. The molecule has 1 rings (SSSR count). The van der Waals surface area contributed by atoms with E-state index in [9.17, 15) is 0 Å². The number of hydrogen-bond donors (Lipinski definition) is 0. The molecule has 0 N–H and O–H groups in total. The topological polar surface area (TPSA) is 0 Å². The van der Waals surface area contributed by atoms with E-state index in [1.54, 1.807) is 0 Å². The SMILES string of the molecule is CC[N+](CC)(CC)Cc1ccccc1.[Cl][Zn-]([Cl])[Cl]. The zero-order valence-corrected chi connectivity index (χ0v) is 16.7. The fourth-order valence-electron chi connectivity index (χ4n) is 1.98. The third-order valence-electron chi connectivity index (χ3n) is 3.37. The molecule has 0 aliphatic heterocycles. The normalized spacial score (nSPS) is 10.6. The summed E-state index contributed by atoms with van der Waals surface area (Å²) in [5.41, 5.74) is 1.46. The van der Waals surface area contributed by atoms with Crippen LogP contribution >= 0.6 is 29.1 Å². The zero-order valence-electron chi connectivity index (χ0n) is 11.5. The maximum absolute atomic E-state index is 5.01. The van der Waals surface area contributed by atoms with Crippen LogP contribution in [0.2, 0.25) is 0 Å². The Morgan fingerprint density at radius 3 is 1.61 bits per heavy atom. The average Bonchev–Trinajstić information content (AvgIpc) is 2.37. The van der Waals surface area contributed by atoms with Gasteiger partial charge in [0.2, 0.25) is 0 Å². The zero-order chi connectivity index (χ0) is 14.0. The van der Waals surface area contributed by atoms with E-state index in [1.807, 2.05) is 0 Å². The van der Waals surface area contributed by atoms with Gasteiger partial charge in [0.05, 0.1) is 19.6 Å². The number of rotatable bonds is 5. The number of hydrogen-bond acceptors (Lipinski definition) is 0. The van der Waals surface area contributed by atoms with E-state index in [0.29, 0.717) is 0 Å². The van der Waals surface area contributed by atoms with Gasteiger partial charge in [0.1, 0.15) is 6.54 Å². The first kappa shape index (κ1) is 18.7. The number of quaternary nitrogens is 1. The fourth-order valence-corrected chi connectivity index (χ4v) is 1.98. The standard InChI is InChI=1S/C13H22N.3ClH.Zn/c1-4-14(5-2,6-3)12-13-10-8-7-9-11-13;;;;/h7-11H,4-6,12H2,1-3H3;3*1H;/q+1;;;;+2/p-3. The van der Waals surface area contributed by atoms with Crippen LogP contribution in [0.5, 0.6) is 0 Å². The minimum absolute atomic E-state index is 1.17. The Kier molecular flexibility index (Phi) is 10.9. The molecule has 0 fully saturated rings. The van der Waals surface area contributed by atoms with Crippen molar-refractivity contribution in [3.8, 4) is 0 Å². The first-order valence-electron chi connectivity index (χ1n) is 6.45. The van der Waals surface area contributed by atoms with Crippen molar-refractivity contribution < 1.29 is 17.5 Å². The van der Waals surface area contributed by atoms with Crippen LogP contribution in [0.15, 0.2) is 30.3 Å². The van der Waals surface area contributed by atoms with Crippen LogP contribution in [-0.4, -0.2) is 24.1 Å². The third kappa shape index (κ3) is 7.97. The van der Waals surface area contributed by atoms with E-state index in [0.717, 1.165) is 0 Å². The van der Waals surface area contributed by atoms with Gasteiger partial charge >= 0.3 is 42.1 Å². The van der Waals surface area contributed by atoms with Gasteiger partial charge in [0.25, 0.3) is 0 Å². The van der Waals surface area contributed by atoms with Crippen LogP contribution in [0.3, 0.4) is 0 Å². The molecule has 1 aromatic rings. The first-order valence-corrected chi connectivity index (χ1v) is 18.1. The number of halogens is 3. The van der Waals surface area contributed by atoms with E-state index in [-0.39, 0.29) is 0 Å². The molecule has 0 saturated heterocycles. The molecule has 0 spiro atoms. The quantitative estimate of drug-likeness (QED) is 0.502. The van der Waals surface area contributed by atoms with Gasteiger partial charge in [-0.1, -0.05) is 30.3 Å². The van der Waals surface area contributed by atoms with Crippen molar-refractivity contribution in [1.82, 2.24) is 0 Å². The molecule has 0 heterocycles. The molecule has 0 bridgehead atoms. The van der Waals surface area contributed by atoms with Crippen LogP contribution in [0, 0.1) is 0 Å². The Morgan fingerprint density at radius 2 is 1.28 bits per heavy atom. The summed E-state index contributed by atoms with van der Waals surface area (Å²) in [6.45, 7) is 11.7. The average molecular weight is 364 g/mol. The molecule has 0 aromatic heterocycles. The molecule has 1 aromatic carbocycles. The van der Waals surface area contributed by atoms with Crippen molar-refractivity contribution in [1.29, 1.82) is 0 Å². The summed E-state index contributed by atoms with van der Waals surface area (Å²) in [5, 5.41) is 0. The summed E-state index contributed by atoms with van der Waals surface area (Å²) in [6, 6.07) is 10.8. The van der Waals surface area contributed by atoms with Gasteiger partial charge in [0.15, 0.2) is 0 Å². The van der Waals surface area contributed by atoms with Crippen LogP contribution in [-0.2, 0) is 19.5 Å². The van der Waals surface area contributed by atoms with Gasteiger partial charge in [-0.15, -0.1) is 0 Å². The van der Waals surface area contributed by atoms with Gasteiger partial charge < -0.3 is 4.48 Å². The Hall–Kier alpha value is 0.673. The van der Waals surface area contributed by atoms with Crippen molar-refractivity contribution in [2.24, 2.45) is 0 Å². The second-order valence-electron chi connectivity index (χ2n) is 4.24. The Bertz CT molecular complexity index is 291. The molecule has 0 aliphatic rings. The van der Waals surface area contributed by atoms with Gasteiger partial charge in [0, 0.05) is 5.56 Å². The predicted octanol–water partition coefficient (Wildman–Crippen LogP) is 5.13. The molecular formula is C13H22Cl3NZn. The van der Waals surface area contributed by atoms with E-state index in [1.165, 1.54) is 36.2 Å². The van der Waals surface area contributed by atoms with Crippen LogP contribution < -0.4 is 0 Å². The van der Waals surface area contributed by atoms with E-state index >= 15 is 0 Å². The van der Waals surface area contributed by atoms with E-state index in [2.05, 4.69) is 51.1 Å². The van der Waals surface area contributed by atoms with Crippen LogP contribution in [0.25, 0.3) is 0 Å². The third-order valence-corrected chi connectivity index (χ3v) is 3.37. The van der Waals surface area contributed by atoms with Crippen molar-refractivity contribution >= 4 is 29.1 Å². The molecule has 0 amide bonds. The molecule has 0 unspecified atom stereocenters. The molecule has 0 radical (unpaired) electrons. The van der Waals surface area contributed by atoms with Crippen molar-refractivity contribution in [2.75, 3.05) is 19.6 Å². The van der Waals surface area contributed by atoms with Crippen LogP contribution in [0.4, 0.5) is 0 Å². The molecule has 0 aliphatic carbocycles. The number of nitrogens with zero attached hydrogens (tertiary/aromatic N) is 1. The molecule has 0 saturated carbocycles. The Balaban J connectivity index is 0.000000631. The molecular weight excluding hydrogens is 342 g/mol. The van der Waals surface area contributed by atoms with Gasteiger partial charge in [-0.3, -0.25) is 0 Å². The first-order chi connectivity index (χ1) is 8.49. The Morgan fingerprint density at radius 1 is 0.889 bits per heavy atom. The number of benzene rings is 1.